The summed E-state index contributed by atoms with van der Waals surface area (Å²) in [6.07, 6.45) is 0. The Labute approximate surface area is 178 Å². The number of cyclic esters (lactones) is 1. The summed E-state index contributed by atoms with van der Waals surface area (Å²) in [4.78, 5) is 25.9. The Hall–Kier alpha value is -3.46. The third kappa shape index (κ3) is 2.80. The van der Waals surface area contributed by atoms with Gasteiger partial charge in [0.1, 0.15) is 18.1 Å². The van der Waals surface area contributed by atoms with Gasteiger partial charge in [-0.3, -0.25) is 9.59 Å². The number of ketones is 1. The minimum atomic E-state index is -1.99. The zero-order valence-electron chi connectivity index (χ0n) is 17.4. The molecule has 0 spiro atoms. The number of rotatable bonds is 5. The van der Waals surface area contributed by atoms with E-state index in [9.17, 15) is 19.8 Å². The highest BCUT2D eigenvalue weighted by molar-refractivity contribution is 6.06. The molecule has 1 heterocycles. The molecule has 1 aliphatic carbocycles. The highest BCUT2D eigenvalue weighted by Crippen LogP contribution is 2.54. The first-order valence-corrected chi connectivity index (χ1v) is 9.46. The van der Waals surface area contributed by atoms with Gasteiger partial charge in [0.05, 0.1) is 34.4 Å². The van der Waals surface area contributed by atoms with Crippen LogP contribution in [0, 0.1) is 11.8 Å². The van der Waals surface area contributed by atoms with Crippen LogP contribution in [-0.2, 0) is 15.1 Å². The first kappa shape index (κ1) is 20.8. The van der Waals surface area contributed by atoms with Crippen molar-refractivity contribution in [1.29, 1.82) is 0 Å². The number of esters is 1. The van der Waals surface area contributed by atoms with Crippen molar-refractivity contribution >= 4 is 11.8 Å². The molecule has 0 saturated carbocycles. The van der Waals surface area contributed by atoms with Gasteiger partial charge in [-0.1, -0.05) is 0 Å². The molecular formula is C22H22O9. The van der Waals surface area contributed by atoms with Gasteiger partial charge in [-0.15, -0.1) is 0 Å². The second-order valence-electron chi connectivity index (χ2n) is 7.33. The largest absolute Gasteiger partial charge is 0.502 e. The maximum absolute atomic E-state index is 13.2. The molecule has 0 unspecified atom stereocenters. The molecule has 1 fully saturated rings. The molecule has 164 valence electrons. The lowest BCUT2D eigenvalue weighted by Crippen LogP contribution is -2.49. The van der Waals surface area contributed by atoms with Crippen molar-refractivity contribution < 1.29 is 43.5 Å². The fourth-order valence-corrected chi connectivity index (χ4v) is 4.42. The molecule has 2 aliphatic rings. The molecule has 0 bridgehead atoms. The molecule has 0 aromatic heterocycles. The standard InChI is InChI=1S/C22H22O9/c1-27-14-7-11-13(8-15(14)28-2)22(26,18-12(19(11)23)9-31-21(18)25)10-5-16(29-3)20(24)17(6-10)30-4/h5-8,12,18,24,26H,9H2,1-4H3/t12-,18-,22+/m1/s1. The number of carbonyl (C=O) groups is 2. The van der Waals surface area contributed by atoms with Gasteiger partial charge in [0.15, 0.2) is 28.8 Å². The number of phenols is 1. The average Bonchev–Trinajstić information content (AvgIpc) is 3.18. The number of phenolic OH excluding ortho intramolecular Hbond substituents is 1. The topological polar surface area (TPSA) is 121 Å². The predicted octanol–water partition coefficient (Wildman–Crippen LogP) is 1.65. The van der Waals surface area contributed by atoms with Crippen LogP contribution < -0.4 is 18.9 Å². The zero-order chi connectivity index (χ0) is 22.5. The highest BCUT2D eigenvalue weighted by atomic mass is 16.5. The first-order valence-electron chi connectivity index (χ1n) is 9.46. The van der Waals surface area contributed by atoms with Gasteiger partial charge in [-0.05, 0) is 29.8 Å². The second-order valence-corrected chi connectivity index (χ2v) is 7.33. The Morgan fingerprint density at radius 3 is 2.00 bits per heavy atom. The molecule has 2 aromatic rings. The molecule has 31 heavy (non-hydrogen) atoms. The summed E-state index contributed by atoms with van der Waals surface area (Å²) in [5.41, 5.74) is -1.46. The van der Waals surface area contributed by atoms with Crippen LogP contribution in [-0.4, -0.2) is 57.0 Å². The van der Waals surface area contributed by atoms with Crippen molar-refractivity contribution in [1.82, 2.24) is 0 Å². The molecule has 4 rings (SSSR count). The highest BCUT2D eigenvalue weighted by Gasteiger charge is 2.60. The van der Waals surface area contributed by atoms with Gasteiger partial charge in [0.2, 0.25) is 5.75 Å². The summed E-state index contributed by atoms with van der Waals surface area (Å²) in [6.45, 7) is -0.148. The Morgan fingerprint density at radius 1 is 0.903 bits per heavy atom. The number of methoxy groups -OCH3 is 4. The average molecular weight is 430 g/mol. The smallest absolute Gasteiger partial charge is 0.313 e. The number of hydrogen-bond acceptors (Lipinski definition) is 9. The van der Waals surface area contributed by atoms with Gasteiger partial charge >= 0.3 is 5.97 Å². The minimum absolute atomic E-state index is 0.0321. The fraction of sp³-hybridized carbons (Fsp3) is 0.364. The van der Waals surface area contributed by atoms with Crippen LogP contribution in [0.15, 0.2) is 24.3 Å². The van der Waals surface area contributed by atoms with Crippen LogP contribution in [0.2, 0.25) is 0 Å². The number of ether oxygens (including phenoxy) is 5. The SMILES string of the molecule is COc1cc2c(cc1OC)[C@@](O)(c1cc(OC)c(O)c(OC)c1)[C@H]1C(=O)OC[C@H]1C2=O. The van der Waals surface area contributed by atoms with E-state index in [1.807, 2.05) is 0 Å². The molecule has 3 atom stereocenters. The molecule has 0 radical (unpaired) electrons. The minimum Gasteiger partial charge on any atom is -0.502 e. The number of Topliss-reactive ketones (excluding diaryl/α,β-unsaturated/α-hetero) is 1. The van der Waals surface area contributed by atoms with E-state index in [0.29, 0.717) is 5.75 Å². The first-order chi connectivity index (χ1) is 14.8. The summed E-state index contributed by atoms with van der Waals surface area (Å²) < 4.78 is 26.3. The van der Waals surface area contributed by atoms with Gasteiger partial charge in [0, 0.05) is 11.1 Å². The lowest BCUT2D eigenvalue weighted by atomic mass is 9.63. The monoisotopic (exact) mass is 430 g/mol. The van der Waals surface area contributed by atoms with Crippen LogP contribution >= 0.6 is 0 Å². The third-order valence-electron chi connectivity index (χ3n) is 5.97. The van der Waals surface area contributed by atoms with Crippen molar-refractivity contribution in [3.8, 4) is 28.7 Å². The van der Waals surface area contributed by atoms with E-state index in [4.69, 9.17) is 23.7 Å². The Balaban J connectivity index is 2.07. The van der Waals surface area contributed by atoms with Crippen molar-refractivity contribution in [3.05, 3.63) is 41.0 Å². The van der Waals surface area contributed by atoms with Crippen LogP contribution in [0.25, 0.3) is 0 Å². The van der Waals surface area contributed by atoms with Gasteiger partial charge in [-0.25, -0.2) is 0 Å². The summed E-state index contributed by atoms with van der Waals surface area (Å²) >= 11 is 0. The Kier molecular flexibility index (Phi) is 4.93. The number of hydrogen-bond donors (Lipinski definition) is 2. The maximum Gasteiger partial charge on any atom is 0.313 e. The van der Waals surface area contributed by atoms with Crippen molar-refractivity contribution in [2.24, 2.45) is 11.8 Å². The van der Waals surface area contributed by atoms with E-state index in [1.165, 1.54) is 52.7 Å². The third-order valence-corrected chi connectivity index (χ3v) is 5.97. The molecule has 0 amide bonds. The normalized spacial score (nSPS) is 24.2. The molecule has 9 nitrogen and oxygen atoms in total. The number of aliphatic hydroxyl groups is 1. The van der Waals surface area contributed by atoms with Crippen LogP contribution in [0.5, 0.6) is 28.7 Å². The number of fused-ring (bicyclic) bond motifs is 2. The number of carbonyl (C=O) groups excluding carboxylic acids is 2. The van der Waals surface area contributed by atoms with E-state index in [0.717, 1.165) is 0 Å². The fourth-order valence-electron chi connectivity index (χ4n) is 4.42. The molecule has 2 N–H and O–H groups in total. The van der Waals surface area contributed by atoms with Gasteiger partial charge < -0.3 is 33.9 Å². The molecule has 9 heteroatoms. The van der Waals surface area contributed by atoms with E-state index in [-0.39, 0.29) is 52.1 Å². The predicted molar refractivity (Wildman–Crippen MR) is 106 cm³/mol. The van der Waals surface area contributed by atoms with Crippen LogP contribution in [0.1, 0.15) is 21.5 Å². The summed E-state index contributed by atoms with van der Waals surface area (Å²) in [6, 6.07) is 5.75. The lowest BCUT2D eigenvalue weighted by Gasteiger charge is -2.40. The lowest BCUT2D eigenvalue weighted by molar-refractivity contribution is -0.147. The summed E-state index contributed by atoms with van der Waals surface area (Å²) in [7, 11) is 5.56. The van der Waals surface area contributed by atoms with Crippen LogP contribution in [0.3, 0.4) is 0 Å². The quantitative estimate of drug-likeness (QED) is 0.682. The molecule has 2 aromatic carbocycles. The van der Waals surface area contributed by atoms with Gasteiger partial charge in [0.25, 0.3) is 0 Å². The zero-order valence-corrected chi connectivity index (χ0v) is 17.4. The van der Waals surface area contributed by atoms with Crippen molar-refractivity contribution in [2.45, 2.75) is 5.60 Å². The van der Waals surface area contributed by atoms with Crippen LogP contribution in [0.4, 0.5) is 0 Å². The summed E-state index contributed by atoms with van der Waals surface area (Å²) in [5.74, 6) is -2.76. The maximum atomic E-state index is 13.2. The van der Waals surface area contributed by atoms with E-state index < -0.39 is 23.4 Å². The Morgan fingerprint density at radius 2 is 1.45 bits per heavy atom. The Bertz CT molecular complexity index is 1050. The second kappa shape index (κ2) is 7.35. The molecular weight excluding hydrogens is 408 g/mol. The van der Waals surface area contributed by atoms with E-state index in [1.54, 1.807) is 0 Å². The summed E-state index contributed by atoms with van der Waals surface area (Å²) in [5, 5.41) is 22.4. The molecule has 1 saturated heterocycles. The number of aromatic hydroxyl groups is 1. The van der Waals surface area contributed by atoms with E-state index >= 15 is 0 Å². The van der Waals surface area contributed by atoms with Crippen molar-refractivity contribution in [2.75, 3.05) is 35.0 Å². The molecule has 1 aliphatic heterocycles. The van der Waals surface area contributed by atoms with Crippen molar-refractivity contribution in [3.63, 3.8) is 0 Å². The van der Waals surface area contributed by atoms with E-state index in [2.05, 4.69) is 0 Å². The van der Waals surface area contributed by atoms with Gasteiger partial charge in [-0.2, -0.15) is 0 Å². The number of benzene rings is 2.